The van der Waals surface area contributed by atoms with E-state index in [9.17, 15) is 0 Å². The van der Waals surface area contributed by atoms with Crippen LogP contribution in [0.2, 0.25) is 0 Å². The summed E-state index contributed by atoms with van der Waals surface area (Å²) in [5.74, 6) is 3.36. The third-order valence-electron chi connectivity index (χ3n) is 10.1. The molecule has 0 bridgehead atoms. The Morgan fingerprint density at radius 1 is 0.471 bits per heavy atom. The number of aromatic nitrogens is 1. The van der Waals surface area contributed by atoms with Crippen LogP contribution in [0.3, 0.4) is 0 Å². The van der Waals surface area contributed by atoms with E-state index in [1.807, 2.05) is 6.07 Å². The molecule has 0 fully saturated rings. The molecule has 7 aromatic carbocycles. The number of allylic oxidation sites excluding steroid dienone is 4. The van der Waals surface area contributed by atoms with Gasteiger partial charge in [0.2, 0.25) is 0 Å². The fourth-order valence-electron chi connectivity index (χ4n) is 7.90. The Balaban J connectivity index is 1.33. The Labute approximate surface area is 297 Å². The first-order valence-corrected chi connectivity index (χ1v) is 17.6. The average molecular weight is 656 g/mol. The van der Waals surface area contributed by atoms with Gasteiger partial charge < -0.3 is 14.0 Å². The molecule has 0 amide bonds. The minimum absolute atomic E-state index is 0.776. The smallest absolute Gasteiger partial charge is 0.142 e. The number of ether oxygens (including phenoxy) is 2. The average Bonchev–Trinajstić information content (AvgIpc) is 3.54. The zero-order chi connectivity index (χ0) is 33.7. The van der Waals surface area contributed by atoms with Gasteiger partial charge >= 0.3 is 0 Å². The SMILES string of the molecule is C1=CC2=C(CC1)Oc1c(-c3ccccc3)cccc1-c1c(cccc1-c1cccc3c4ccccc4n(-c4ccccc4)c13)Oc1ccccc12. The molecule has 1 aliphatic carbocycles. The highest BCUT2D eigenvalue weighted by Crippen LogP contribution is 2.52. The van der Waals surface area contributed by atoms with Gasteiger partial charge in [0.1, 0.15) is 23.0 Å². The standard InChI is InChI=1S/C48H33NO2/c1-3-16-32(17-4-1)34-23-13-27-41-46-38(40-26-14-25-39-35-20-7-10-28-42(35)49(47(39)40)33-18-5-2-6-19-33)24-15-31-45(46)50-43-29-11-8-21-36(43)37-22-9-12-30-44(37)51-48(34)41/h1-11,13-29,31H,12,30H2. The van der Waals surface area contributed by atoms with Gasteiger partial charge in [0, 0.05) is 56.3 Å². The second-order valence-corrected chi connectivity index (χ2v) is 13.1. The normalized spacial score (nSPS) is 13.5. The highest BCUT2D eigenvalue weighted by Gasteiger charge is 2.27. The predicted molar refractivity (Wildman–Crippen MR) is 210 cm³/mol. The highest BCUT2D eigenvalue weighted by atomic mass is 16.5. The first-order chi connectivity index (χ1) is 25.3. The highest BCUT2D eigenvalue weighted by molar-refractivity contribution is 6.15. The zero-order valence-corrected chi connectivity index (χ0v) is 27.9. The Kier molecular flexibility index (Phi) is 6.95. The van der Waals surface area contributed by atoms with Gasteiger partial charge in [0.15, 0.2) is 0 Å². The lowest BCUT2D eigenvalue weighted by atomic mass is 9.89. The Bertz CT molecular complexity index is 2680. The van der Waals surface area contributed by atoms with Crippen LogP contribution in [0, 0.1) is 0 Å². The topological polar surface area (TPSA) is 23.4 Å². The summed E-state index contributed by atoms with van der Waals surface area (Å²) in [6.07, 6.45) is 6.13. The largest absolute Gasteiger partial charge is 0.460 e. The van der Waals surface area contributed by atoms with Crippen LogP contribution in [0.4, 0.5) is 0 Å². The van der Waals surface area contributed by atoms with Crippen molar-refractivity contribution >= 4 is 27.4 Å². The number of nitrogens with zero attached hydrogens (tertiary/aromatic N) is 1. The third-order valence-corrected chi connectivity index (χ3v) is 10.1. The van der Waals surface area contributed by atoms with Crippen molar-refractivity contribution in [3.63, 3.8) is 0 Å². The first-order valence-electron chi connectivity index (χ1n) is 17.6. The molecule has 0 saturated carbocycles. The summed E-state index contributed by atoms with van der Waals surface area (Å²) in [4.78, 5) is 0. The lowest BCUT2D eigenvalue weighted by Gasteiger charge is -2.26. The van der Waals surface area contributed by atoms with Crippen molar-refractivity contribution in [1.82, 2.24) is 4.57 Å². The van der Waals surface area contributed by atoms with Gasteiger partial charge in [-0.1, -0.05) is 146 Å². The van der Waals surface area contributed by atoms with Gasteiger partial charge in [0.25, 0.3) is 0 Å². The Morgan fingerprint density at radius 3 is 2.02 bits per heavy atom. The second kappa shape index (κ2) is 12.1. The monoisotopic (exact) mass is 655 g/mol. The quantitative estimate of drug-likeness (QED) is 0.189. The van der Waals surface area contributed by atoms with Crippen LogP contribution in [0.15, 0.2) is 182 Å². The molecule has 3 heteroatoms. The molecule has 242 valence electrons. The summed E-state index contributed by atoms with van der Waals surface area (Å²) in [6.45, 7) is 0. The van der Waals surface area contributed by atoms with Gasteiger partial charge in [-0.25, -0.2) is 0 Å². The van der Waals surface area contributed by atoms with E-state index in [0.29, 0.717) is 0 Å². The van der Waals surface area contributed by atoms with Crippen LogP contribution in [-0.2, 0) is 0 Å². The first kappa shape index (κ1) is 29.3. The van der Waals surface area contributed by atoms with E-state index in [-0.39, 0.29) is 0 Å². The molecular formula is C48H33NO2. The van der Waals surface area contributed by atoms with Gasteiger partial charge in [0.05, 0.1) is 11.0 Å². The van der Waals surface area contributed by atoms with Crippen LogP contribution >= 0.6 is 0 Å². The Morgan fingerprint density at radius 2 is 1.12 bits per heavy atom. The molecule has 8 aromatic rings. The molecule has 0 radical (unpaired) electrons. The molecule has 0 atom stereocenters. The molecule has 51 heavy (non-hydrogen) atoms. The van der Waals surface area contributed by atoms with Crippen molar-refractivity contribution in [2.45, 2.75) is 12.8 Å². The van der Waals surface area contributed by atoms with Crippen molar-refractivity contribution in [3.05, 3.63) is 187 Å². The van der Waals surface area contributed by atoms with E-state index in [0.717, 1.165) is 91.6 Å². The maximum absolute atomic E-state index is 7.26. The fraction of sp³-hybridized carbons (Fsp3) is 0.0417. The van der Waals surface area contributed by atoms with Crippen LogP contribution < -0.4 is 9.47 Å². The number of hydrogen-bond acceptors (Lipinski definition) is 2. The van der Waals surface area contributed by atoms with Crippen molar-refractivity contribution in [2.75, 3.05) is 0 Å². The molecule has 2 aliphatic rings. The van der Waals surface area contributed by atoms with Crippen molar-refractivity contribution in [3.8, 4) is 56.3 Å². The van der Waals surface area contributed by atoms with Crippen LogP contribution in [0.1, 0.15) is 18.4 Å². The van der Waals surface area contributed by atoms with E-state index in [1.54, 1.807) is 0 Å². The summed E-state index contributed by atoms with van der Waals surface area (Å²) >= 11 is 0. The minimum Gasteiger partial charge on any atom is -0.460 e. The number of hydrogen-bond donors (Lipinski definition) is 0. The van der Waals surface area contributed by atoms with Crippen LogP contribution in [0.25, 0.3) is 66.4 Å². The summed E-state index contributed by atoms with van der Waals surface area (Å²) in [5, 5.41) is 2.42. The molecular weight excluding hydrogens is 623 g/mol. The molecule has 1 aliphatic heterocycles. The maximum Gasteiger partial charge on any atom is 0.142 e. The number of rotatable bonds is 3. The van der Waals surface area contributed by atoms with E-state index in [4.69, 9.17) is 9.47 Å². The number of para-hydroxylation sites is 5. The summed E-state index contributed by atoms with van der Waals surface area (Å²) in [5.41, 5.74) is 11.8. The van der Waals surface area contributed by atoms with Crippen LogP contribution in [-0.4, -0.2) is 4.57 Å². The zero-order valence-electron chi connectivity index (χ0n) is 27.9. The van der Waals surface area contributed by atoms with Gasteiger partial charge in [-0.2, -0.15) is 0 Å². The molecule has 3 nitrogen and oxygen atoms in total. The predicted octanol–water partition coefficient (Wildman–Crippen LogP) is 13.0. The number of benzene rings is 7. The molecule has 0 unspecified atom stereocenters. The van der Waals surface area contributed by atoms with E-state index < -0.39 is 0 Å². The summed E-state index contributed by atoms with van der Waals surface area (Å²) in [6, 6.07) is 57.8. The van der Waals surface area contributed by atoms with E-state index >= 15 is 0 Å². The van der Waals surface area contributed by atoms with Crippen LogP contribution in [0.5, 0.6) is 17.2 Å². The van der Waals surface area contributed by atoms with E-state index in [2.05, 4.69) is 174 Å². The van der Waals surface area contributed by atoms with Gasteiger partial charge in [-0.3, -0.25) is 0 Å². The lowest BCUT2D eigenvalue weighted by molar-refractivity contribution is 0.407. The molecule has 2 heterocycles. The molecule has 0 N–H and O–H groups in total. The van der Waals surface area contributed by atoms with E-state index in [1.165, 1.54) is 16.3 Å². The Hall–Kier alpha value is -6.58. The van der Waals surface area contributed by atoms with Gasteiger partial charge in [-0.05, 0) is 47.9 Å². The molecule has 0 spiro atoms. The minimum atomic E-state index is 0.776. The number of fused-ring (bicyclic) bond motifs is 8. The molecule has 0 saturated heterocycles. The molecule has 10 rings (SSSR count). The second-order valence-electron chi connectivity index (χ2n) is 13.1. The fourth-order valence-corrected chi connectivity index (χ4v) is 7.90. The van der Waals surface area contributed by atoms with Gasteiger partial charge in [-0.15, -0.1) is 0 Å². The van der Waals surface area contributed by atoms with Crippen molar-refractivity contribution in [1.29, 1.82) is 0 Å². The molecule has 1 aromatic heterocycles. The summed E-state index contributed by atoms with van der Waals surface area (Å²) in [7, 11) is 0. The third kappa shape index (κ3) is 4.81. The van der Waals surface area contributed by atoms with Crippen molar-refractivity contribution in [2.24, 2.45) is 0 Å². The lowest BCUT2D eigenvalue weighted by Crippen LogP contribution is -2.07. The summed E-state index contributed by atoms with van der Waals surface area (Å²) < 4.78 is 16.8. The maximum atomic E-state index is 7.26. The van der Waals surface area contributed by atoms with Crippen molar-refractivity contribution < 1.29 is 9.47 Å².